The van der Waals surface area contributed by atoms with Crippen molar-refractivity contribution in [1.82, 2.24) is 19.6 Å². The van der Waals surface area contributed by atoms with Crippen LogP contribution in [0.25, 0.3) is 0 Å². The Morgan fingerprint density at radius 1 is 0.683 bits per heavy atom. The fourth-order valence-electron chi connectivity index (χ4n) is 4.45. The molecule has 0 aliphatic carbocycles. The van der Waals surface area contributed by atoms with E-state index in [4.69, 9.17) is 14.2 Å². The number of amides is 2. The molecule has 0 bridgehead atoms. The number of carbonyl (C=O) groups is 2. The highest BCUT2D eigenvalue weighted by molar-refractivity contribution is 5.68. The van der Waals surface area contributed by atoms with Crippen LogP contribution in [0.2, 0.25) is 0 Å². The zero-order chi connectivity index (χ0) is 29.1. The minimum absolute atomic E-state index is 0.235. The summed E-state index contributed by atoms with van der Waals surface area (Å²) in [4.78, 5) is 34.3. The summed E-state index contributed by atoms with van der Waals surface area (Å²) >= 11 is 0. The van der Waals surface area contributed by atoms with Crippen molar-refractivity contribution in [2.45, 2.75) is 33.5 Å². The third-order valence-electron chi connectivity index (χ3n) is 6.80. The van der Waals surface area contributed by atoms with Crippen molar-refractivity contribution in [1.29, 1.82) is 0 Å². The van der Waals surface area contributed by atoms with Crippen LogP contribution in [0.5, 0.6) is 0 Å². The van der Waals surface area contributed by atoms with Crippen LogP contribution in [0.4, 0.5) is 9.59 Å². The van der Waals surface area contributed by atoms with E-state index in [0.29, 0.717) is 65.5 Å². The molecule has 1 aliphatic heterocycles. The molecule has 0 unspecified atom stereocenters. The molecular formula is C32H44N4O5. The molecule has 9 heteroatoms. The molecule has 0 saturated carbocycles. The second-order valence-corrected chi connectivity index (χ2v) is 9.88. The number of ether oxygens (including phenoxy) is 3. The van der Waals surface area contributed by atoms with Crippen LogP contribution in [0.1, 0.15) is 31.4 Å². The second-order valence-electron chi connectivity index (χ2n) is 9.88. The van der Waals surface area contributed by atoms with E-state index in [0.717, 1.165) is 24.1 Å². The van der Waals surface area contributed by atoms with Crippen LogP contribution >= 0.6 is 0 Å². The maximum Gasteiger partial charge on any atom is 0.410 e. The molecular weight excluding hydrogens is 520 g/mol. The molecule has 2 amide bonds. The Kier molecular flexibility index (Phi) is 14.4. The zero-order valence-corrected chi connectivity index (χ0v) is 24.5. The van der Waals surface area contributed by atoms with Crippen molar-refractivity contribution < 1.29 is 23.8 Å². The molecule has 1 aliphatic rings. The predicted octanol–water partition coefficient (Wildman–Crippen LogP) is 4.29. The lowest BCUT2D eigenvalue weighted by Gasteiger charge is -2.33. The molecule has 0 N–H and O–H groups in total. The molecule has 41 heavy (non-hydrogen) atoms. The van der Waals surface area contributed by atoms with Crippen LogP contribution in [-0.4, -0.2) is 104 Å². The molecule has 1 saturated heterocycles. The van der Waals surface area contributed by atoms with Gasteiger partial charge in [-0.15, -0.1) is 0 Å². The Hall–Kier alpha value is -3.74. The minimum atomic E-state index is -0.325. The van der Waals surface area contributed by atoms with Crippen LogP contribution in [-0.2, 0) is 27.4 Å². The van der Waals surface area contributed by atoms with Crippen molar-refractivity contribution in [3.05, 3.63) is 71.8 Å². The van der Waals surface area contributed by atoms with Crippen molar-refractivity contribution in [2.24, 2.45) is 0 Å². The van der Waals surface area contributed by atoms with E-state index in [9.17, 15) is 9.59 Å². The number of hydrogen-bond donors (Lipinski definition) is 0. The first-order valence-electron chi connectivity index (χ1n) is 14.5. The van der Waals surface area contributed by atoms with Gasteiger partial charge >= 0.3 is 12.2 Å². The summed E-state index contributed by atoms with van der Waals surface area (Å²) in [7, 11) is 0. The Labute approximate surface area is 244 Å². The minimum Gasteiger partial charge on any atom is -0.447 e. The summed E-state index contributed by atoms with van der Waals surface area (Å²) in [5, 5.41) is 0. The smallest absolute Gasteiger partial charge is 0.410 e. The Morgan fingerprint density at radius 3 is 1.59 bits per heavy atom. The van der Waals surface area contributed by atoms with Crippen molar-refractivity contribution in [2.75, 3.05) is 72.1 Å². The van der Waals surface area contributed by atoms with Crippen LogP contribution in [0.3, 0.4) is 0 Å². The maximum absolute atomic E-state index is 13.1. The van der Waals surface area contributed by atoms with Gasteiger partial charge in [0, 0.05) is 52.4 Å². The molecule has 222 valence electrons. The Balaban J connectivity index is 1.69. The first kappa shape index (κ1) is 31.8. The summed E-state index contributed by atoms with van der Waals surface area (Å²) in [6, 6.07) is 19.4. The molecule has 0 aromatic heterocycles. The highest BCUT2D eigenvalue weighted by Gasteiger charge is 2.22. The monoisotopic (exact) mass is 564 g/mol. The van der Waals surface area contributed by atoms with Gasteiger partial charge in [-0.3, -0.25) is 9.80 Å². The van der Waals surface area contributed by atoms with Crippen LogP contribution in [0, 0.1) is 12.0 Å². The summed E-state index contributed by atoms with van der Waals surface area (Å²) in [5.41, 5.74) is 1.91. The lowest BCUT2D eigenvalue weighted by atomic mass is 10.2. The maximum atomic E-state index is 13.1. The van der Waals surface area contributed by atoms with Crippen LogP contribution in [0.15, 0.2) is 60.7 Å². The van der Waals surface area contributed by atoms with E-state index in [1.807, 2.05) is 67.6 Å². The first-order chi connectivity index (χ1) is 20.1. The highest BCUT2D eigenvalue weighted by atomic mass is 16.6. The highest BCUT2D eigenvalue weighted by Crippen LogP contribution is 2.08. The second kappa shape index (κ2) is 18.6. The van der Waals surface area contributed by atoms with Gasteiger partial charge in [-0.2, -0.15) is 0 Å². The van der Waals surface area contributed by atoms with Gasteiger partial charge in [-0.1, -0.05) is 67.6 Å². The molecule has 2 aromatic carbocycles. The van der Waals surface area contributed by atoms with Gasteiger partial charge in [-0.25, -0.2) is 9.59 Å². The Bertz CT molecular complexity index is 1020. The van der Waals surface area contributed by atoms with Gasteiger partial charge in [0.1, 0.15) is 19.3 Å². The number of rotatable bonds is 8. The average molecular weight is 565 g/mol. The van der Waals surface area contributed by atoms with E-state index in [2.05, 4.69) is 28.8 Å². The normalized spacial score (nSPS) is 15.6. The fourth-order valence-corrected chi connectivity index (χ4v) is 4.45. The molecule has 0 radical (unpaired) electrons. The first-order valence-corrected chi connectivity index (χ1v) is 14.5. The summed E-state index contributed by atoms with van der Waals surface area (Å²) < 4.78 is 16.6. The summed E-state index contributed by atoms with van der Waals surface area (Å²) in [6.45, 7) is 10.9. The van der Waals surface area contributed by atoms with Crippen molar-refractivity contribution >= 4 is 12.2 Å². The number of benzene rings is 2. The van der Waals surface area contributed by atoms with Gasteiger partial charge in [0.05, 0.1) is 13.2 Å². The van der Waals surface area contributed by atoms with E-state index >= 15 is 0 Å². The van der Waals surface area contributed by atoms with E-state index in [1.165, 1.54) is 0 Å². The third-order valence-corrected chi connectivity index (χ3v) is 6.80. The molecule has 1 heterocycles. The SMILES string of the molecule is CCCN1CCN(C(=O)OCc2ccccc2)CCN(CC#COCC)CCN(C(=O)OCc2ccccc2)CC1. The summed E-state index contributed by atoms with van der Waals surface area (Å²) in [5.74, 6) is 3.05. The lowest BCUT2D eigenvalue weighted by molar-refractivity contribution is 0.0736. The average Bonchev–Trinajstić information content (AvgIpc) is 3.00. The van der Waals surface area contributed by atoms with Gasteiger partial charge in [-0.05, 0) is 36.9 Å². The molecule has 0 spiro atoms. The molecule has 1 fully saturated rings. The fraction of sp³-hybridized carbons (Fsp3) is 0.500. The number of hydrogen-bond acceptors (Lipinski definition) is 7. The molecule has 9 nitrogen and oxygen atoms in total. The number of carbonyl (C=O) groups excluding carboxylic acids is 2. The van der Waals surface area contributed by atoms with E-state index < -0.39 is 0 Å². The van der Waals surface area contributed by atoms with Crippen molar-refractivity contribution in [3.63, 3.8) is 0 Å². The quantitative estimate of drug-likeness (QED) is 0.443. The third kappa shape index (κ3) is 12.1. The molecule has 2 aromatic rings. The number of nitrogens with zero attached hydrogens (tertiary/aromatic N) is 4. The van der Waals surface area contributed by atoms with Crippen LogP contribution < -0.4 is 0 Å². The molecule has 0 atom stereocenters. The van der Waals surface area contributed by atoms with Gasteiger partial charge < -0.3 is 24.0 Å². The largest absolute Gasteiger partial charge is 0.447 e. The summed E-state index contributed by atoms with van der Waals surface area (Å²) in [6.07, 6.45) is 3.05. The van der Waals surface area contributed by atoms with Gasteiger partial charge in [0.25, 0.3) is 0 Å². The van der Waals surface area contributed by atoms with Gasteiger partial charge in [0.2, 0.25) is 0 Å². The van der Waals surface area contributed by atoms with Crippen molar-refractivity contribution in [3.8, 4) is 12.0 Å². The Morgan fingerprint density at radius 2 is 1.15 bits per heavy atom. The lowest BCUT2D eigenvalue weighted by Crippen LogP contribution is -2.48. The molecule has 3 rings (SSSR count). The van der Waals surface area contributed by atoms with E-state index in [1.54, 1.807) is 9.80 Å². The zero-order valence-electron chi connectivity index (χ0n) is 24.5. The predicted molar refractivity (Wildman–Crippen MR) is 159 cm³/mol. The van der Waals surface area contributed by atoms with Gasteiger partial charge in [0.15, 0.2) is 0 Å². The van der Waals surface area contributed by atoms with E-state index in [-0.39, 0.29) is 25.4 Å². The topological polar surface area (TPSA) is 74.8 Å². The standard InChI is InChI=1S/C32H44N4O5/c1-3-16-33-18-22-35(31(37)40-27-29-12-7-5-8-13-29)24-20-34(17-11-26-39-4-2)21-25-36(23-19-33)32(38)41-28-30-14-9-6-10-15-30/h5-10,12-15H,3-4,16-25,27-28H2,1-2H3.